The Morgan fingerprint density at radius 3 is 2.52 bits per heavy atom. The van der Waals surface area contributed by atoms with Gasteiger partial charge < -0.3 is 4.74 Å². The largest absolute Gasteiger partial charge is 0.425 e. The number of benzene rings is 2. The molecule has 0 aliphatic carbocycles. The zero-order valence-corrected chi connectivity index (χ0v) is 16.2. The number of aromatic nitrogens is 4. The first-order chi connectivity index (χ1) is 13.9. The molecule has 0 radical (unpaired) electrons. The third-order valence-corrected chi connectivity index (χ3v) is 4.80. The summed E-state index contributed by atoms with van der Waals surface area (Å²) in [6.07, 6.45) is 0. The monoisotopic (exact) mass is 394 g/mol. The highest BCUT2D eigenvalue weighted by atomic mass is 19.1. The summed E-state index contributed by atoms with van der Waals surface area (Å²) >= 11 is 0. The summed E-state index contributed by atoms with van der Waals surface area (Å²) in [4.78, 5) is 29.6. The maximum atomic E-state index is 14.3. The molecule has 2 aromatic heterocycles. The first-order valence-corrected chi connectivity index (χ1v) is 9.01. The summed E-state index contributed by atoms with van der Waals surface area (Å²) in [7, 11) is 2.92. The molecule has 0 spiro atoms. The molecule has 0 aliphatic heterocycles. The fraction of sp³-hybridized carbons (Fsp3) is 0.190. The summed E-state index contributed by atoms with van der Waals surface area (Å²) in [6, 6.07) is 13.7. The number of aryl methyl sites for hydroxylation is 2. The maximum Gasteiger partial charge on any atom is 0.332 e. The van der Waals surface area contributed by atoms with Gasteiger partial charge in [0.1, 0.15) is 11.6 Å². The van der Waals surface area contributed by atoms with E-state index in [2.05, 4.69) is 4.98 Å². The standard InChI is InChI=1S/C21H19FN4O3/c1-13-7-6-9-15(11-13)29-20-23-18-17(19(27)25(3)21(28)24(18)2)26(20)12-14-8-4-5-10-16(14)22/h4-11H,12H2,1-3H3. The quantitative estimate of drug-likeness (QED) is 0.534. The molecule has 4 rings (SSSR count). The Hall–Kier alpha value is -3.68. The Bertz CT molecular complexity index is 1350. The molecule has 2 heterocycles. The van der Waals surface area contributed by atoms with Crippen molar-refractivity contribution in [1.29, 1.82) is 0 Å². The Labute approximate surface area is 165 Å². The number of hydrogen-bond donors (Lipinski definition) is 0. The lowest BCUT2D eigenvalue weighted by atomic mass is 10.2. The molecule has 0 amide bonds. The molecule has 4 aromatic rings. The zero-order valence-electron chi connectivity index (χ0n) is 16.2. The van der Waals surface area contributed by atoms with Crippen molar-refractivity contribution < 1.29 is 9.13 Å². The van der Waals surface area contributed by atoms with E-state index >= 15 is 0 Å². The van der Waals surface area contributed by atoms with E-state index < -0.39 is 17.1 Å². The zero-order chi connectivity index (χ0) is 20.7. The molecule has 0 bridgehead atoms. The average molecular weight is 394 g/mol. The molecule has 0 saturated carbocycles. The highest BCUT2D eigenvalue weighted by molar-refractivity contribution is 5.72. The van der Waals surface area contributed by atoms with Gasteiger partial charge in [-0.25, -0.2) is 9.18 Å². The van der Waals surface area contributed by atoms with Crippen LogP contribution in [0.15, 0.2) is 58.1 Å². The highest BCUT2D eigenvalue weighted by Crippen LogP contribution is 2.26. The van der Waals surface area contributed by atoms with Gasteiger partial charge in [0.2, 0.25) is 0 Å². The predicted molar refractivity (Wildman–Crippen MR) is 107 cm³/mol. The summed E-state index contributed by atoms with van der Waals surface area (Å²) in [5.41, 5.74) is 0.683. The minimum Gasteiger partial charge on any atom is -0.425 e. The van der Waals surface area contributed by atoms with E-state index in [9.17, 15) is 14.0 Å². The molecule has 0 saturated heterocycles. The second-order valence-electron chi connectivity index (χ2n) is 6.87. The topological polar surface area (TPSA) is 71.1 Å². The van der Waals surface area contributed by atoms with Crippen LogP contribution in [0.1, 0.15) is 11.1 Å². The van der Waals surface area contributed by atoms with Crippen molar-refractivity contribution in [3.8, 4) is 11.8 Å². The van der Waals surface area contributed by atoms with Crippen LogP contribution >= 0.6 is 0 Å². The van der Waals surface area contributed by atoms with Gasteiger partial charge in [0.05, 0.1) is 6.54 Å². The van der Waals surface area contributed by atoms with Crippen LogP contribution in [0.4, 0.5) is 4.39 Å². The maximum absolute atomic E-state index is 14.3. The van der Waals surface area contributed by atoms with Crippen molar-refractivity contribution in [2.75, 3.05) is 0 Å². The highest BCUT2D eigenvalue weighted by Gasteiger charge is 2.21. The number of hydrogen-bond acceptors (Lipinski definition) is 4. The van der Waals surface area contributed by atoms with Gasteiger partial charge in [0, 0.05) is 19.7 Å². The summed E-state index contributed by atoms with van der Waals surface area (Å²) in [5.74, 6) is 0.120. The number of ether oxygens (including phenoxy) is 1. The van der Waals surface area contributed by atoms with Crippen LogP contribution in [-0.4, -0.2) is 18.7 Å². The normalized spacial score (nSPS) is 11.2. The summed E-state index contributed by atoms with van der Waals surface area (Å²) in [6.45, 7) is 1.95. The first-order valence-electron chi connectivity index (χ1n) is 9.01. The van der Waals surface area contributed by atoms with Crippen LogP contribution in [0.3, 0.4) is 0 Å². The number of rotatable bonds is 4. The molecule has 2 aromatic carbocycles. The van der Waals surface area contributed by atoms with Crippen LogP contribution in [0.25, 0.3) is 11.2 Å². The molecule has 8 heteroatoms. The Morgan fingerprint density at radius 1 is 1.03 bits per heavy atom. The van der Waals surface area contributed by atoms with E-state index in [0.29, 0.717) is 11.3 Å². The van der Waals surface area contributed by atoms with E-state index in [1.54, 1.807) is 24.3 Å². The van der Waals surface area contributed by atoms with Crippen molar-refractivity contribution in [2.24, 2.45) is 14.1 Å². The molecule has 0 aliphatic rings. The van der Waals surface area contributed by atoms with E-state index in [0.717, 1.165) is 10.1 Å². The molecular weight excluding hydrogens is 375 g/mol. The van der Waals surface area contributed by atoms with Gasteiger partial charge in [-0.2, -0.15) is 4.98 Å². The van der Waals surface area contributed by atoms with Gasteiger partial charge in [-0.3, -0.25) is 18.5 Å². The van der Waals surface area contributed by atoms with Gasteiger partial charge in [-0.15, -0.1) is 0 Å². The van der Waals surface area contributed by atoms with E-state index in [1.807, 2.05) is 25.1 Å². The van der Waals surface area contributed by atoms with Crippen LogP contribution in [0.2, 0.25) is 0 Å². The minimum atomic E-state index is -0.522. The van der Waals surface area contributed by atoms with Crippen LogP contribution in [0, 0.1) is 12.7 Å². The predicted octanol–water partition coefficient (Wildman–Crippen LogP) is 2.72. The van der Waals surface area contributed by atoms with Crippen molar-refractivity contribution >= 4 is 11.2 Å². The Morgan fingerprint density at radius 2 is 1.79 bits per heavy atom. The van der Waals surface area contributed by atoms with Crippen LogP contribution < -0.4 is 16.0 Å². The third-order valence-electron chi connectivity index (χ3n) is 4.80. The molecule has 29 heavy (non-hydrogen) atoms. The molecule has 0 fully saturated rings. The minimum absolute atomic E-state index is 0.0256. The van der Waals surface area contributed by atoms with Gasteiger partial charge in [-0.05, 0) is 30.7 Å². The van der Waals surface area contributed by atoms with Crippen LogP contribution in [-0.2, 0) is 20.6 Å². The van der Waals surface area contributed by atoms with Crippen molar-refractivity contribution in [3.05, 3.63) is 86.3 Å². The van der Waals surface area contributed by atoms with Gasteiger partial charge in [0.15, 0.2) is 11.2 Å². The second kappa shape index (κ2) is 7.05. The molecule has 0 unspecified atom stereocenters. The van der Waals surface area contributed by atoms with E-state index in [4.69, 9.17) is 4.74 Å². The number of imidazole rings is 1. The molecule has 0 atom stereocenters. The molecule has 148 valence electrons. The number of halogens is 1. The molecular formula is C21H19FN4O3. The van der Waals surface area contributed by atoms with Gasteiger partial charge in [0.25, 0.3) is 5.56 Å². The first kappa shape index (κ1) is 18.7. The van der Waals surface area contributed by atoms with Gasteiger partial charge >= 0.3 is 11.7 Å². The fourth-order valence-electron chi connectivity index (χ4n) is 3.23. The Balaban J connectivity index is 1.97. The summed E-state index contributed by atoms with van der Waals surface area (Å²) in [5, 5.41) is 0. The van der Waals surface area contributed by atoms with Crippen molar-refractivity contribution in [2.45, 2.75) is 13.5 Å². The Kier molecular flexibility index (Phi) is 4.54. The van der Waals surface area contributed by atoms with Crippen molar-refractivity contribution in [3.63, 3.8) is 0 Å². The van der Waals surface area contributed by atoms with Crippen molar-refractivity contribution in [1.82, 2.24) is 18.7 Å². The lowest BCUT2D eigenvalue weighted by Crippen LogP contribution is -2.37. The fourth-order valence-corrected chi connectivity index (χ4v) is 3.23. The average Bonchev–Trinajstić information content (AvgIpc) is 3.04. The van der Waals surface area contributed by atoms with E-state index in [1.165, 1.54) is 29.3 Å². The molecule has 0 N–H and O–H groups in total. The third kappa shape index (κ3) is 3.22. The van der Waals surface area contributed by atoms with Gasteiger partial charge in [-0.1, -0.05) is 30.3 Å². The second-order valence-corrected chi connectivity index (χ2v) is 6.87. The van der Waals surface area contributed by atoms with E-state index in [-0.39, 0.29) is 23.7 Å². The smallest absolute Gasteiger partial charge is 0.332 e. The lowest BCUT2D eigenvalue weighted by molar-refractivity contribution is 0.419. The molecule has 7 nitrogen and oxygen atoms in total. The number of nitrogens with zero attached hydrogens (tertiary/aromatic N) is 4. The lowest BCUT2D eigenvalue weighted by Gasteiger charge is -2.11. The summed E-state index contributed by atoms with van der Waals surface area (Å²) < 4.78 is 24.0. The number of fused-ring (bicyclic) bond motifs is 1. The SMILES string of the molecule is Cc1cccc(Oc2nc3c(c(=O)n(C)c(=O)n3C)n2Cc2ccccc2F)c1. The van der Waals surface area contributed by atoms with Crippen LogP contribution in [0.5, 0.6) is 11.8 Å².